The van der Waals surface area contributed by atoms with Crippen molar-refractivity contribution in [1.82, 2.24) is 14.8 Å². The summed E-state index contributed by atoms with van der Waals surface area (Å²) in [5.41, 5.74) is 0. The molecule has 1 aromatic rings. The Balaban J connectivity index is 2.21. The van der Waals surface area contributed by atoms with Gasteiger partial charge in [-0.3, -0.25) is 4.57 Å². The molecule has 2 rings (SSSR count). The zero-order chi connectivity index (χ0) is 7.68. The molecule has 5 heteroatoms. The Morgan fingerprint density at radius 1 is 1.73 bits per heavy atom. The van der Waals surface area contributed by atoms with Crippen molar-refractivity contribution in [3.63, 3.8) is 0 Å². The van der Waals surface area contributed by atoms with E-state index in [2.05, 4.69) is 10.2 Å². The number of ether oxygens (including phenoxy) is 1. The standard InChI is InChI=1S/C6H8ClN3O/c7-6-9-8-4-10(6)5-1-2-11-3-5/h4-5H,1-3H2. The van der Waals surface area contributed by atoms with E-state index >= 15 is 0 Å². The summed E-state index contributed by atoms with van der Waals surface area (Å²) in [6, 6.07) is 0.331. The second-order valence-electron chi connectivity index (χ2n) is 2.52. The molecule has 1 aliphatic rings. The molecule has 0 bridgehead atoms. The average molecular weight is 174 g/mol. The maximum Gasteiger partial charge on any atom is 0.225 e. The van der Waals surface area contributed by atoms with Crippen LogP contribution in [-0.2, 0) is 4.74 Å². The van der Waals surface area contributed by atoms with Gasteiger partial charge in [-0.25, -0.2) is 0 Å². The lowest BCUT2D eigenvalue weighted by molar-refractivity contribution is 0.186. The lowest BCUT2D eigenvalue weighted by atomic mass is 10.3. The van der Waals surface area contributed by atoms with Gasteiger partial charge in [0.05, 0.1) is 12.6 Å². The summed E-state index contributed by atoms with van der Waals surface area (Å²) in [5, 5.41) is 7.82. The van der Waals surface area contributed by atoms with Crippen LogP contribution >= 0.6 is 11.6 Å². The topological polar surface area (TPSA) is 39.9 Å². The fourth-order valence-corrected chi connectivity index (χ4v) is 1.44. The summed E-state index contributed by atoms with van der Waals surface area (Å²) < 4.78 is 7.04. The van der Waals surface area contributed by atoms with Gasteiger partial charge in [0.1, 0.15) is 6.33 Å². The van der Waals surface area contributed by atoms with Crippen LogP contribution in [0.4, 0.5) is 0 Å². The van der Waals surface area contributed by atoms with Gasteiger partial charge in [-0.1, -0.05) is 0 Å². The fraction of sp³-hybridized carbons (Fsp3) is 0.667. The van der Waals surface area contributed by atoms with Crippen LogP contribution in [0.1, 0.15) is 12.5 Å². The number of aromatic nitrogens is 3. The van der Waals surface area contributed by atoms with Gasteiger partial charge in [0.2, 0.25) is 5.28 Å². The minimum Gasteiger partial charge on any atom is -0.379 e. The van der Waals surface area contributed by atoms with E-state index in [9.17, 15) is 0 Å². The average Bonchev–Trinajstić information content (AvgIpc) is 2.55. The van der Waals surface area contributed by atoms with Gasteiger partial charge in [0.15, 0.2) is 0 Å². The molecule has 1 unspecified atom stereocenters. The van der Waals surface area contributed by atoms with Crippen LogP contribution in [0.15, 0.2) is 6.33 Å². The van der Waals surface area contributed by atoms with E-state index in [4.69, 9.17) is 16.3 Å². The van der Waals surface area contributed by atoms with E-state index < -0.39 is 0 Å². The van der Waals surface area contributed by atoms with Crippen molar-refractivity contribution in [3.05, 3.63) is 11.6 Å². The molecule has 1 aliphatic heterocycles. The largest absolute Gasteiger partial charge is 0.379 e. The van der Waals surface area contributed by atoms with Crippen LogP contribution in [0.3, 0.4) is 0 Å². The quantitative estimate of drug-likeness (QED) is 0.634. The van der Waals surface area contributed by atoms with Gasteiger partial charge < -0.3 is 4.74 Å². The van der Waals surface area contributed by atoms with Crippen molar-refractivity contribution in [2.24, 2.45) is 0 Å². The lowest BCUT2D eigenvalue weighted by Gasteiger charge is -2.07. The molecule has 1 atom stereocenters. The van der Waals surface area contributed by atoms with Crippen molar-refractivity contribution in [2.45, 2.75) is 12.5 Å². The third-order valence-electron chi connectivity index (χ3n) is 1.83. The minimum absolute atomic E-state index is 0.331. The Kier molecular flexibility index (Phi) is 1.79. The number of rotatable bonds is 1. The first-order valence-electron chi connectivity index (χ1n) is 3.50. The van der Waals surface area contributed by atoms with Crippen molar-refractivity contribution in [3.8, 4) is 0 Å². The summed E-state index contributed by atoms with van der Waals surface area (Å²) in [4.78, 5) is 0. The van der Waals surface area contributed by atoms with Crippen LogP contribution in [0.5, 0.6) is 0 Å². The van der Waals surface area contributed by atoms with Gasteiger partial charge in [-0.05, 0) is 18.0 Å². The molecule has 2 heterocycles. The lowest BCUT2D eigenvalue weighted by Crippen LogP contribution is -2.07. The van der Waals surface area contributed by atoms with Gasteiger partial charge >= 0.3 is 0 Å². The third kappa shape index (κ3) is 1.23. The van der Waals surface area contributed by atoms with Gasteiger partial charge in [0.25, 0.3) is 0 Å². The summed E-state index contributed by atoms with van der Waals surface area (Å²) >= 11 is 5.75. The molecular weight excluding hydrogens is 166 g/mol. The smallest absolute Gasteiger partial charge is 0.225 e. The number of hydrogen-bond donors (Lipinski definition) is 0. The zero-order valence-corrected chi connectivity index (χ0v) is 6.66. The Bertz CT molecular complexity index is 244. The molecule has 0 N–H and O–H groups in total. The highest BCUT2D eigenvalue weighted by Gasteiger charge is 2.19. The van der Waals surface area contributed by atoms with E-state index in [0.717, 1.165) is 19.6 Å². The Hall–Kier alpha value is -0.610. The van der Waals surface area contributed by atoms with Crippen LogP contribution < -0.4 is 0 Å². The normalized spacial score (nSPS) is 24.3. The Morgan fingerprint density at radius 3 is 3.18 bits per heavy atom. The molecule has 0 saturated carbocycles. The predicted octanol–water partition coefficient (Wildman–Crippen LogP) is 0.893. The monoisotopic (exact) mass is 173 g/mol. The molecule has 11 heavy (non-hydrogen) atoms. The number of halogens is 1. The zero-order valence-electron chi connectivity index (χ0n) is 5.90. The minimum atomic E-state index is 0.331. The van der Waals surface area contributed by atoms with Crippen molar-refractivity contribution in [1.29, 1.82) is 0 Å². The maximum absolute atomic E-state index is 5.75. The van der Waals surface area contributed by atoms with Crippen LogP contribution in [0.25, 0.3) is 0 Å². The van der Waals surface area contributed by atoms with Gasteiger partial charge in [-0.2, -0.15) is 0 Å². The van der Waals surface area contributed by atoms with E-state index in [-0.39, 0.29) is 0 Å². The van der Waals surface area contributed by atoms with Crippen LogP contribution in [0.2, 0.25) is 5.28 Å². The summed E-state index contributed by atoms with van der Waals surface area (Å²) in [5.74, 6) is 0. The highest BCUT2D eigenvalue weighted by Crippen LogP contribution is 2.21. The summed E-state index contributed by atoms with van der Waals surface area (Å²) in [7, 11) is 0. The van der Waals surface area contributed by atoms with Gasteiger partial charge in [-0.15, -0.1) is 10.2 Å². The molecule has 4 nitrogen and oxygen atoms in total. The molecule has 0 aliphatic carbocycles. The van der Waals surface area contributed by atoms with E-state index in [1.165, 1.54) is 0 Å². The fourth-order valence-electron chi connectivity index (χ4n) is 1.21. The second kappa shape index (κ2) is 2.79. The Labute approximate surface area is 69.1 Å². The maximum atomic E-state index is 5.75. The molecule has 1 saturated heterocycles. The number of nitrogens with zero attached hydrogens (tertiary/aromatic N) is 3. The first-order chi connectivity index (χ1) is 5.38. The Morgan fingerprint density at radius 2 is 2.64 bits per heavy atom. The van der Waals surface area contributed by atoms with E-state index in [0.29, 0.717) is 11.3 Å². The SMILES string of the molecule is Clc1nncn1C1CCOC1. The molecule has 60 valence electrons. The first kappa shape index (κ1) is 7.06. The van der Waals surface area contributed by atoms with Crippen molar-refractivity contribution in [2.75, 3.05) is 13.2 Å². The number of hydrogen-bond acceptors (Lipinski definition) is 3. The highest BCUT2D eigenvalue weighted by molar-refractivity contribution is 6.28. The first-order valence-corrected chi connectivity index (χ1v) is 3.88. The molecule has 0 amide bonds. The molecule has 0 aromatic carbocycles. The molecule has 0 spiro atoms. The molecule has 0 radical (unpaired) electrons. The van der Waals surface area contributed by atoms with Crippen LogP contribution in [-0.4, -0.2) is 28.0 Å². The van der Waals surface area contributed by atoms with Gasteiger partial charge in [0, 0.05) is 6.61 Å². The highest BCUT2D eigenvalue weighted by atomic mass is 35.5. The van der Waals surface area contributed by atoms with E-state index in [1.54, 1.807) is 6.33 Å². The molecule has 1 fully saturated rings. The van der Waals surface area contributed by atoms with Crippen molar-refractivity contribution < 1.29 is 4.74 Å². The molecule has 1 aromatic heterocycles. The predicted molar refractivity (Wildman–Crippen MR) is 39.5 cm³/mol. The summed E-state index contributed by atoms with van der Waals surface area (Å²) in [6.45, 7) is 1.52. The van der Waals surface area contributed by atoms with Crippen LogP contribution in [0, 0.1) is 0 Å². The second-order valence-corrected chi connectivity index (χ2v) is 2.86. The summed E-state index contributed by atoms with van der Waals surface area (Å²) in [6.07, 6.45) is 2.64. The third-order valence-corrected chi connectivity index (χ3v) is 2.10. The van der Waals surface area contributed by atoms with E-state index in [1.807, 2.05) is 4.57 Å². The van der Waals surface area contributed by atoms with Crippen molar-refractivity contribution >= 4 is 11.6 Å². The molecular formula is C6H8ClN3O.